The molecule has 0 aliphatic rings. The molecule has 27 heavy (non-hydrogen) atoms. The van der Waals surface area contributed by atoms with Crippen molar-refractivity contribution in [1.82, 2.24) is 0 Å². The molecule has 1 aromatic rings. The molecule has 3 heteroatoms. The molecule has 0 saturated heterocycles. The Bertz CT molecular complexity index is 419. The summed E-state index contributed by atoms with van der Waals surface area (Å²) in [4.78, 5) is 9.05. The quantitative estimate of drug-likeness (QED) is 0.214. The van der Waals surface area contributed by atoms with E-state index in [1.165, 1.54) is 96.3 Å². The largest absolute Gasteiger partial charge is 0.494 e. The van der Waals surface area contributed by atoms with Crippen molar-refractivity contribution >= 4 is 14.9 Å². The third kappa shape index (κ3) is 14.9. The van der Waals surface area contributed by atoms with Gasteiger partial charge in [0.2, 0.25) is 0 Å². The van der Waals surface area contributed by atoms with Gasteiger partial charge in [-0.25, -0.2) is 0 Å². The number of unbranched alkanes of at least 4 members (excludes halogenated alkanes) is 15. The lowest BCUT2D eigenvalue weighted by atomic mass is 10.0. The smallest absolute Gasteiger partial charge is 0.265 e. The second-order valence-corrected chi connectivity index (χ2v) is 8.59. The zero-order valence-electron chi connectivity index (χ0n) is 17.7. The molecule has 0 atom stereocenters. The Kier molecular flexibility index (Phi) is 16.7. The first-order chi connectivity index (χ1) is 13.4. The maximum atomic E-state index is 9.05. The van der Waals surface area contributed by atoms with E-state index < -0.39 is 0 Å². The number of hydrogen-bond donors (Lipinski definition) is 1. The lowest BCUT2D eigenvalue weighted by molar-refractivity contribution is 0.304. The average molecular weight is 391 g/mol. The summed E-state index contributed by atoms with van der Waals surface area (Å²) in [6, 6.07) is 7.76. The lowest BCUT2D eigenvalue weighted by Crippen LogP contribution is -2.12. The van der Waals surface area contributed by atoms with Gasteiger partial charge in [0, 0.05) is 0 Å². The number of rotatable bonds is 19. The van der Waals surface area contributed by atoms with Gasteiger partial charge in [-0.15, -0.1) is 0 Å². The Balaban J connectivity index is 1.75. The minimum absolute atomic E-state index is 0.129. The van der Waals surface area contributed by atoms with E-state index in [1.807, 2.05) is 24.3 Å². The van der Waals surface area contributed by atoms with Gasteiger partial charge in [0.25, 0.3) is 9.76 Å². The van der Waals surface area contributed by atoms with Crippen molar-refractivity contribution in [3.8, 4) is 5.75 Å². The third-order valence-corrected chi connectivity index (χ3v) is 5.84. The molecule has 154 valence electrons. The van der Waals surface area contributed by atoms with Crippen LogP contribution in [-0.2, 0) is 0 Å². The molecular weight excluding hydrogens is 348 g/mol. The Hall–Kier alpha value is -0.803. The predicted molar refractivity (Wildman–Crippen MR) is 119 cm³/mol. The number of hydrogen-bond acceptors (Lipinski definition) is 2. The van der Waals surface area contributed by atoms with E-state index in [1.54, 1.807) is 0 Å². The van der Waals surface area contributed by atoms with Crippen molar-refractivity contribution in [2.24, 2.45) is 0 Å². The highest BCUT2D eigenvalue weighted by atomic mass is 28.2. The molecule has 0 amide bonds. The second-order valence-electron chi connectivity index (χ2n) is 7.79. The van der Waals surface area contributed by atoms with Crippen LogP contribution in [0.25, 0.3) is 0 Å². The van der Waals surface area contributed by atoms with Crippen LogP contribution >= 0.6 is 0 Å². The molecular formula is C24H42O2Si. The van der Waals surface area contributed by atoms with Crippen molar-refractivity contribution < 1.29 is 9.53 Å². The van der Waals surface area contributed by atoms with E-state index in [0.717, 1.165) is 24.0 Å². The predicted octanol–water partition coefficient (Wildman–Crippen LogP) is 6.56. The van der Waals surface area contributed by atoms with E-state index >= 15 is 0 Å². The van der Waals surface area contributed by atoms with Gasteiger partial charge < -0.3 is 9.53 Å². The fraction of sp³-hybridized carbons (Fsp3) is 0.750. The van der Waals surface area contributed by atoms with Crippen LogP contribution in [0.3, 0.4) is 0 Å². The minimum Gasteiger partial charge on any atom is -0.494 e. The van der Waals surface area contributed by atoms with Gasteiger partial charge in [0.15, 0.2) is 0 Å². The summed E-state index contributed by atoms with van der Waals surface area (Å²) in [7, 11) is -0.129. The minimum atomic E-state index is -0.129. The first kappa shape index (κ1) is 24.2. The van der Waals surface area contributed by atoms with E-state index in [9.17, 15) is 0 Å². The summed E-state index contributed by atoms with van der Waals surface area (Å²) in [6.07, 6.45) is 22.3. The normalized spacial score (nSPS) is 11.0. The second kappa shape index (κ2) is 18.6. The molecule has 1 rings (SSSR count). The van der Waals surface area contributed by atoms with Crippen LogP contribution in [0.15, 0.2) is 24.3 Å². The van der Waals surface area contributed by atoms with Gasteiger partial charge in [0.1, 0.15) is 5.75 Å². The monoisotopic (exact) mass is 390 g/mol. The topological polar surface area (TPSA) is 29.5 Å². The Labute approximate surface area is 171 Å². The van der Waals surface area contributed by atoms with Gasteiger partial charge in [-0.3, -0.25) is 0 Å². The molecule has 0 aromatic heterocycles. The summed E-state index contributed by atoms with van der Waals surface area (Å²) in [5.41, 5.74) is 0. The first-order valence-electron chi connectivity index (χ1n) is 11.5. The van der Waals surface area contributed by atoms with Crippen LogP contribution in [0.1, 0.15) is 110 Å². The van der Waals surface area contributed by atoms with E-state index in [2.05, 4.69) is 6.92 Å². The van der Waals surface area contributed by atoms with Crippen LogP contribution in [0.5, 0.6) is 5.75 Å². The molecule has 2 nitrogen and oxygen atoms in total. The highest BCUT2D eigenvalue weighted by Crippen LogP contribution is 2.14. The van der Waals surface area contributed by atoms with Crippen LogP contribution in [-0.4, -0.2) is 21.2 Å². The van der Waals surface area contributed by atoms with Crippen molar-refractivity contribution in [3.05, 3.63) is 24.3 Å². The summed E-state index contributed by atoms with van der Waals surface area (Å²) >= 11 is 0. The molecule has 2 radical (unpaired) electrons. The van der Waals surface area contributed by atoms with Crippen LogP contribution in [0.2, 0.25) is 0 Å². The summed E-state index contributed by atoms with van der Waals surface area (Å²) < 4.78 is 5.75. The maximum absolute atomic E-state index is 9.05. The zero-order valence-corrected chi connectivity index (χ0v) is 18.7. The van der Waals surface area contributed by atoms with Crippen molar-refractivity contribution in [3.63, 3.8) is 0 Å². The molecule has 0 aliphatic carbocycles. The van der Waals surface area contributed by atoms with Crippen molar-refractivity contribution in [2.75, 3.05) is 6.61 Å². The fourth-order valence-electron chi connectivity index (χ4n) is 3.47. The van der Waals surface area contributed by atoms with Crippen LogP contribution in [0.4, 0.5) is 0 Å². The van der Waals surface area contributed by atoms with Crippen LogP contribution < -0.4 is 9.92 Å². The molecule has 1 aromatic carbocycles. The standard InChI is InChI=1S/C24H42O2Si/c1-2-3-4-5-6-7-8-9-10-11-12-13-14-15-16-17-22-26-23-18-20-24(27-25)21-19-23/h18-21,25H,2-17,22H2,1H3. The summed E-state index contributed by atoms with van der Waals surface area (Å²) in [6.45, 7) is 3.09. The van der Waals surface area contributed by atoms with Gasteiger partial charge >= 0.3 is 0 Å². The molecule has 0 unspecified atom stereocenters. The third-order valence-electron chi connectivity index (χ3n) is 5.25. The summed E-state index contributed by atoms with van der Waals surface area (Å²) in [5.74, 6) is 0.915. The van der Waals surface area contributed by atoms with Gasteiger partial charge in [-0.05, 0) is 23.7 Å². The number of ether oxygens (including phenoxy) is 1. The molecule has 0 spiro atoms. The van der Waals surface area contributed by atoms with Crippen molar-refractivity contribution in [2.45, 2.75) is 110 Å². The van der Waals surface area contributed by atoms with Gasteiger partial charge in [-0.1, -0.05) is 115 Å². The maximum Gasteiger partial charge on any atom is 0.265 e. The van der Waals surface area contributed by atoms with Gasteiger partial charge in [-0.2, -0.15) is 0 Å². The highest BCUT2D eigenvalue weighted by Gasteiger charge is 1.97. The molecule has 1 N–H and O–H groups in total. The number of benzene rings is 1. The first-order valence-corrected chi connectivity index (χ1v) is 12.4. The summed E-state index contributed by atoms with van der Waals surface area (Å²) in [5, 5.41) is 0.963. The molecule has 0 aliphatic heterocycles. The molecule has 0 bridgehead atoms. The highest BCUT2D eigenvalue weighted by molar-refractivity contribution is 6.45. The average Bonchev–Trinajstić information content (AvgIpc) is 2.70. The molecule has 0 saturated carbocycles. The Morgan fingerprint density at radius 1 is 0.630 bits per heavy atom. The van der Waals surface area contributed by atoms with Gasteiger partial charge in [0.05, 0.1) is 6.61 Å². The zero-order chi connectivity index (χ0) is 19.4. The fourth-order valence-corrected chi connectivity index (χ4v) is 3.78. The lowest BCUT2D eigenvalue weighted by Gasteiger charge is -2.06. The molecule has 0 fully saturated rings. The van der Waals surface area contributed by atoms with Crippen LogP contribution in [0, 0.1) is 0 Å². The Morgan fingerprint density at radius 2 is 1.04 bits per heavy atom. The van der Waals surface area contributed by atoms with E-state index in [0.29, 0.717) is 0 Å². The van der Waals surface area contributed by atoms with E-state index in [-0.39, 0.29) is 9.76 Å². The SMILES string of the molecule is CCCCCCCCCCCCCCCCCCOc1ccc([Si]O)cc1. The van der Waals surface area contributed by atoms with E-state index in [4.69, 9.17) is 9.53 Å². The van der Waals surface area contributed by atoms with Crippen molar-refractivity contribution in [1.29, 1.82) is 0 Å². The molecule has 0 heterocycles. The Morgan fingerprint density at radius 3 is 1.44 bits per heavy atom.